The van der Waals surface area contributed by atoms with Gasteiger partial charge in [0.2, 0.25) is 0 Å². The fourth-order valence-electron chi connectivity index (χ4n) is 4.57. The summed E-state index contributed by atoms with van der Waals surface area (Å²) in [5, 5.41) is 0. The van der Waals surface area contributed by atoms with Crippen LogP contribution in [-0.4, -0.2) is 48.1 Å². The van der Waals surface area contributed by atoms with Gasteiger partial charge in [-0.15, -0.1) is 0 Å². The predicted octanol–water partition coefficient (Wildman–Crippen LogP) is 2.88. The van der Waals surface area contributed by atoms with Crippen LogP contribution >= 0.6 is 0 Å². The third-order valence-electron chi connectivity index (χ3n) is 5.79. The van der Waals surface area contributed by atoms with E-state index in [1.807, 2.05) is 0 Å². The second kappa shape index (κ2) is 5.16. The molecule has 0 bridgehead atoms. The Hall–Kier alpha value is -0.860. The Morgan fingerprint density at radius 2 is 2.10 bits per heavy atom. The van der Waals surface area contributed by atoms with Gasteiger partial charge in [-0.05, 0) is 43.4 Å². The first-order chi connectivity index (χ1) is 9.85. The standard InChI is InChI=1S/C18H26N2/c1-2-16-12-19-9-5-7-17(19)13-20(16)11-15-10-14-6-3-4-8-18(14)15/h3-4,6,8,15-17H,2,5,7,9-13H2,1H3. The van der Waals surface area contributed by atoms with Crippen molar-refractivity contribution in [3.05, 3.63) is 35.4 Å². The predicted molar refractivity (Wildman–Crippen MR) is 83.1 cm³/mol. The maximum atomic E-state index is 2.81. The average Bonchev–Trinajstić information content (AvgIpc) is 2.91. The van der Waals surface area contributed by atoms with Gasteiger partial charge in [-0.1, -0.05) is 31.2 Å². The molecular weight excluding hydrogens is 244 g/mol. The van der Waals surface area contributed by atoms with Gasteiger partial charge in [0, 0.05) is 37.6 Å². The minimum atomic E-state index is 0.789. The Labute approximate surface area is 122 Å². The lowest BCUT2D eigenvalue weighted by molar-refractivity contribution is 0.0432. The van der Waals surface area contributed by atoms with E-state index in [-0.39, 0.29) is 0 Å². The normalized spacial score (nSPS) is 33.5. The highest BCUT2D eigenvalue weighted by Crippen LogP contribution is 2.37. The molecule has 3 unspecified atom stereocenters. The van der Waals surface area contributed by atoms with Crippen molar-refractivity contribution < 1.29 is 0 Å². The molecule has 2 nitrogen and oxygen atoms in total. The van der Waals surface area contributed by atoms with Crippen LogP contribution in [0.3, 0.4) is 0 Å². The van der Waals surface area contributed by atoms with Gasteiger partial charge in [0.05, 0.1) is 0 Å². The average molecular weight is 270 g/mol. The summed E-state index contributed by atoms with van der Waals surface area (Å²) in [5.74, 6) is 0.799. The van der Waals surface area contributed by atoms with Gasteiger partial charge in [0.1, 0.15) is 0 Å². The lowest BCUT2D eigenvalue weighted by Crippen LogP contribution is -2.57. The first-order valence-corrected chi connectivity index (χ1v) is 8.41. The van der Waals surface area contributed by atoms with E-state index in [0.717, 1.165) is 18.0 Å². The molecule has 0 amide bonds. The molecule has 1 aromatic carbocycles. The van der Waals surface area contributed by atoms with Crippen molar-refractivity contribution in [3.63, 3.8) is 0 Å². The van der Waals surface area contributed by atoms with Gasteiger partial charge in [-0.25, -0.2) is 0 Å². The first-order valence-electron chi connectivity index (χ1n) is 8.41. The summed E-state index contributed by atoms with van der Waals surface area (Å²) >= 11 is 0. The van der Waals surface area contributed by atoms with Gasteiger partial charge in [0.25, 0.3) is 0 Å². The van der Waals surface area contributed by atoms with Crippen LogP contribution in [0.1, 0.15) is 43.2 Å². The topological polar surface area (TPSA) is 6.48 Å². The van der Waals surface area contributed by atoms with E-state index in [1.54, 1.807) is 11.1 Å². The van der Waals surface area contributed by atoms with Crippen LogP contribution in [0.15, 0.2) is 24.3 Å². The van der Waals surface area contributed by atoms with Crippen LogP contribution in [0.2, 0.25) is 0 Å². The molecule has 2 fully saturated rings. The van der Waals surface area contributed by atoms with Crippen molar-refractivity contribution >= 4 is 0 Å². The summed E-state index contributed by atoms with van der Waals surface area (Å²) in [4.78, 5) is 5.56. The molecule has 0 radical (unpaired) electrons. The Kier molecular flexibility index (Phi) is 3.31. The third-order valence-corrected chi connectivity index (χ3v) is 5.79. The van der Waals surface area contributed by atoms with Crippen LogP contribution in [0.25, 0.3) is 0 Å². The largest absolute Gasteiger partial charge is 0.298 e. The Balaban J connectivity index is 1.45. The van der Waals surface area contributed by atoms with Crippen LogP contribution in [-0.2, 0) is 6.42 Å². The molecule has 3 aliphatic rings. The van der Waals surface area contributed by atoms with E-state index >= 15 is 0 Å². The zero-order valence-corrected chi connectivity index (χ0v) is 12.6. The van der Waals surface area contributed by atoms with Gasteiger partial charge < -0.3 is 0 Å². The first kappa shape index (κ1) is 12.8. The number of piperazine rings is 1. The van der Waals surface area contributed by atoms with Gasteiger partial charge >= 0.3 is 0 Å². The molecule has 2 heteroatoms. The van der Waals surface area contributed by atoms with E-state index in [1.165, 1.54) is 51.9 Å². The van der Waals surface area contributed by atoms with Gasteiger partial charge in [-0.2, -0.15) is 0 Å². The number of fused-ring (bicyclic) bond motifs is 2. The molecule has 2 heterocycles. The van der Waals surface area contributed by atoms with E-state index < -0.39 is 0 Å². The van der Waals surface area contributed by atoms with Crippen LogP contribution in [0, 0.1) is 0 Å². The number of hydrogen-bond donors (Lipinski definition) is 0. The summed E-state index contributed by atoms with van der Waals surface area (Å²) in [5.41, 5.74) is 3.21. The van der Waals surface area contributed by atoms with Crippen molar-refractivity contribution in [2.75, 3.05) is 26.2 Å². The molecular formula is C18H26N2. The van der Waals surface area contributed by atoms with E-state index in [4.69, 9.17) is 0 Å². The number of hydrogen-bond acceptors (Lipinski definition) is 2. The van der Waals surface area contributed by atoms with Gasteiger partial charge in [0.15, 0.2) is 0 Å². The van der Waals surface area contributed by atoms with Crippen molar-refractivity contribution in [1.82, 2.24) is 9.80 Å². The molecule has 1 aromatic rings. The molecule has 108 valence electrons. The second-order valence-electron chi connectivity index (χ2n) is 6.91. The Morgan fingerprint density at radius 3 is 2.95 bits per heavy atom. The zero-order chi connectivity index (χ0) is 13.5. The summed E-state index contributed by atoms with van der Waals surface area (Å²) < 4.78 is 0. The Morgan fingerprint density at radius 1 is 1.20 bits per heavy atom. The lowest BCUT2D eigenvalue weighted by Gasteiger charge is -2.46. The van der Waals surface area contributed by atoms with Crippen molar-refractivity contribution in [2.45, 2.75) is 50.6 Å². The highest BCUT2D eigenvalue weighted by Gasteiger charge is 2.37. The summed E-state index contributed by atoms with van der Waals surface area (Å²) in [7, 11) is 0. The number of benzene rings is 1. The lowest BCUT2D eigenvalue weighted by atomic mass is 9.77. The fraction of sp³-hybridized carbons (Fsp3) is 0.667. The Bertz CT molecular complexity index is 484. The molecule has 1 aliphatic carbocycles. The molecule has 0 N–H and O–H groups in total. The molecule has 4 rings (SSSR count). The highest BCUT2D eigenvalue weighted by atomic mass is 15.3. The maximum Gasteiger partial charge on any atom is 0.0224 e. The van der Waals surface area contributed by atoms with E-state index in [0.29, 0.717) is 0 Å². The van der Waals surface area contributed by atoms with Gasteiger partial charge in [-0.3, -0.25) is 9.80 Å². The summed E-state index contributed by atoms with van der Waals surface area (Å²) in [6, 6.07) is 10.7. The maximum absolute atomic E-state index is 2.81. The van der Waals surface area contributed by atoms with E-state index in [2.05, 4.69) is 41.0 Å². The number of nitrogens with zero attached hydrogens (tertiary/aromatic N) is 2. The van der Waals surface area contributed by atoms with E-state index in [9.17, 15) is 0 Å². The quantitative estimate of drug-likeness (QED) is 0.833. The summed E-state index contributed by atoms with van der Waals surface area (Å²) in [6.45, 7) is 7.64. The molecule has 0 saturated carbocycles. The molecule has 2 aliphatic heterocycles. The van der Waals surface area contributed by atoms with Crippen molar-refractivity contribution in [2.24, 2.45) is 0 Å². The minimum absolute atomic E-state index is 0.789. The minimum Gasteiger partial charge on any atom is -0.298 e. The monoisotopic (exact) mass is 270 g/mol. The number of rotatable bonds is 3. The zero-order valence-electron chi connectivity index (χ0n) is 12.6. The smallest absolute Gasteiger partial charge is 0.0224 e. The van der Waals surface area contributed by atoms with Crippen LogP contribution in [0.4, 0.5) is 0 Å². The molecule has 0 spiro atoms. The SMILES string of the molecule is CCC1CN2CCCC2CN1CC1Cc2ccccc21. The molecule has 20 heavy (non-hydrogen) atoms. The molecule has 2 saturated heterocycles. The van der Waals surface area contributed by atoms with Crippen molar-refractivity contribution in [3.8, 4) is 0 Å². The van der Waals surface area contributed by atoms with Crippen LogP contribution in [0.5, 0.6) is 0 Å². The molecule has 0 aromatic heterocycles. The fourth-order valence-corrected chi connectivity index (χ4v) is 4.57. The van der Waals surface area contributed by atoms with Crippen molar-refractivity contribution in [1.29, 1.82) is 0 Å². The third kappa shape index (κ3) is 2.10. The summed E-state index contributed by atoms with van der Waals surface area (Å²) in [6.07, 6.45) is 5.45. The van der Waals surface area contributed by atoms with Crippen LogP contribution < -0.4 is 0 Å². The molecule has 3 atom stereocenters. The second-order valence-corrected chi connectivity index (χ2v) is 6.91. The highest BCUT2D eigenvalue weighted by molar-refractivity contribution is 5.40.